The van der Waals surface area contributed by atoms with Gasteiger partial charge in [0.15, 0.2) is 5.43 Å². The van der Waals surface area contributed by atoms with Crippen LogP contribution in [0.3, 0.4) is 0 Å². The number of esters is 1. The lowest BCUT2D eigenvalue weighted by Gasteiger charge is -2.06. The Hall–Kier alpha value is -2.59. The average molecular weight is 329 g/mol. The Morgan fingerprint density at radius 3 is 2.74 bits per heavy atom. The third-order valence-electron chi connectivity index (χ3n) is 3.40. The molecule has 1 heterocycles. The lowest BCUT2D eigenvalue weighted by atomic mass is 10.1. The van der Waals surface area contributed by atoms with E-state index in [1.54, 1.807) is 36.4 Å². The summed E-state index contributed by atoms with van der Waals surface area (Å²) in [5.41, 5.74) is 1.70. The minimum Gasteiger partial charge on any atom is -0.455 e. The molecule has 3 aromatic rings. The van der Waals surface area contributed by atoms with E-state index in [4.69, 9.17) is 20.8 Å². The van der Waals surface area contributed by atoms with Crippen LogP contribution in [0.1, 0.15) is 21.7 Å². The van der Waals surface area contributed by atoms with Gasteiger partial charge in [-0.25, -0.2) is 4.79 Å². The van der Waals surface area contributed by atoms with Gasteiger partial charge in [0.05, 0.1) is 5.39 Å². The van der Waals surface area contributed by atoms with Crippen molar-refractivity contribution >= 4 is 28.5 Å². The number of carbonyl (C=O) groups is 1. The van der Waals surface area contributed by atoms with Gasteiger partial charge in [-0.3, -0.25) is 4.79 Å². The van der Waals surface area contributed by atoms with Crippen molar-refractivity contribution in [3.63, 3.8) is 0 Å². The molecule has 3 rings (SSSR count). The summed E-state index contributed by atoms with van der Waals surface area (Å²) >= 11 is 6.01. The molecule has 0 saturated carbocycles. The molecule has 23 heavy (non-hydrogen) atoms. The number of rotatable bonds is 3. The maximum absolute atomic E-state index is 12.1. The fourth-order valence-electron chi connectivity index (χ4n) is 2.20. The molecule has 0 unspecified atom stereocenters. The monoisotopic (exact) mass is 328 g/mol. The molecule has 0 aliphatic heterocycles. The summed E-state index contributed by atoms with van der Waals surface area (Å²) in [6, 6.07) is 13.4. The molecule has 0 saturated heterocycles. The van der Waals surface area contributed by atoms with E-state index in [2.05, 4.69) is 0 Å². The first-order chi connectivity index (χ1) is 11.0. The number of carbonyl (C=O) groups excluding carboxylic acids is 1. The van der Waals surface area contributed by atoms with Gasteiger partial charge >= 0.3 is 5.97 Å². The molecule has 0 radical (unpaired) electrons. The fourth-order valence-corrected chi connectivity index (χ4v) is 2.39. The molecule has 0 bridgehead atoms. The molecule has 0 fully saturated rings. The van der Waals surface area contributed by atoms with Crippen LogP contribution in [-0.4, -0.2) is 5.97 Å². The Kier molecular flexibility index (Phi) is 4.17. The Labute approximate surface area is 137 Å². The number of benzene rings is 2. The first-order valence-electron chi connectivity index (χ1n) is 6.99. The molecule has 0 aliphatic rings. The van der Waals surface area contributed by atoms with Gasteiger partial charge in [-0.15, -0.1) is 0 Å². The average Bonchev–Trinajstić information content (AvgIpc) is 2.54. The lowest BCUT2D eigenvalue weighted by molar-refractivity contribution is 0.0437. The Morgan fingerprint density at radius 2 is 1.96 bits per heavy atom. The zero-order valence-corrected chi connectivity index (χ0v) is 13.1. The number of fused-ring (bicyclic) bond motifs is 1. The van der Waals surface area contributed by atoms with E-state index in [9.17, 15) is 9.59 Å². The standard InChI is InChI=1S/C18H13ClO4/c1-11-6-7-16-13(8-11)15(20)9-17(23-16)18(21)22-10-12-4-2-3-5-14(12)19/h2-9H,10H2,1H3. The molecule has 116 valence electrons. The molecule has 1 aromatic heterocycles. The van der Waals surface area contributed by atoms with Crippen LogP contribution in [0.25, 0.3) is 11.0 Å². The summed E-state index contributed by atoms with van der Waals surface area (Å²) in [6.45, 7) is 1.89. The zero-order valence-electron chi connectivity index (χ0n) is 12.3. The highest BCUT2D eigenvalue weighted by molar-refractivity contribution is 6.31. The predicted molar refractivity (Wildman–Crippen MR) is 87.8 cm³/mol. The van der Waals surface area contributed by atoms with Crippen molar-refractivity contribution < 1.29 is 13.9 Å². The van der Waals surface area contributed by atoms with Crippen LogP contribution >= 0.6 is 11.6 Å². The number of hydrogen-bond acceptors (Lipinski definition) is 4. The second-order valence-electron chi connectivity index (χ2n) is 5.14. The van der Waals surface area contributed by atoms with Crippen LogP contribution < -0.4 is 5.43 Å². The summed E-state index contributed by atoms with van der Waals surface area (Å²) in [6.07, 6.45) is 0. The third-order valence-corrected chi connectivity index (χ3v) is 3.77. The topological polar surface area (TPSA) is 56.5 Å². The molecular weight excluding hydrogens is 316 g/mol. The van der Waals surface area contributed by atoms with E-state index in [1.807, 2.05) is 13.0 Å². The highest BCUT2D eigenvalue weighted by Gasteiger charge is 2.14. The lowest BCUT2D eigenvalue weighted by Crippen LogP contribution is -2.10. The third kappa shape index (κ3) is 3.27. The second kappa shape index (κ2) is 6.26. The van der Waals surface area contributed by atoms with Crippen molar-refractivity contribution in [2.75, 3.05) is 0 Å². The summed E-state index contributed by atoms with van der Waals surface area (Å²) in [5, 5.41) is 0.948. The first-order valence-corrected chi connectivity index (χ1v) is 7.37. The van der Waals surface area contributed by atoms with Crippen molar-refractivity contribution in [1.29, 1.82) is 0 Å². The molecule has 4 nitrogen and oxygen atoms in total. The highest BCUT2D eigenvalue weighted by atomic mass is 35.5. The van der Waals surface area contributed by atoms with Crippen LogP contribution in [0.5, 0.6) is 0 Å². The molecule has 0 atom stereocenters. The Balaban J connectivity index is 1.85. The van der Waals surface area contributed by atoms with Gasteiger partial charge in [-0.2, -0.15) is 0 Å². The Morgan fingerprint density at radius 1 is 1.17 bits per heavy atom. The van der Waals surface area contributed by atoms with Gasteiger partial charge in [0.25, 0.3) is 0 Å². The summed E-state index contributed by atoms with van der Waals surface area (Å²) in [7, 11) is 0. The highest BCUT2D eigenvalue weighted by Crippen LogP contribution is 2.18. The van der Waals surface area contributed by atoms with Crippen LogP contribution in [0.15, 0.2) is 57.7 Å². The van der Waals surface area contributed by atoms with Gasteiger partial charge < -0.3 is 9.15 Å². The Bertz CT molecular complexity index is 943. The van der Waals surface area contributed by atoms with Crippen LogP contribution in [0, 0.1) is 6.92 Å². The molecule has 5 heteroatoms. The summed E-state index contributed by atoms with van der Waals surface area (Å²) in [4.78, 5) is 24.2. The van der Waals surface area contributed by atoms with E-state index in [0.717, 1.165) is 11.6 Å². The van der Waals surface area contributed by atoms with E-state index < -0.39 is 5.97 Å². The number of aryl methyl sites for hydroxylation is 1. The van der Waals surface area contributed by atoms with Gasteiger partial charge in [0.1, 0.15) is 12.2 Å². The van der Waals surface area contributed by atoms with Crippen molar-refractivity contribution in [2.45, 2.75) is 13.5 Å². The first kappa shape index (κ1) is 15.3. The van der Waals surface area contributed by atoms with Crippen molar-refractivity contribution in [1.82, 2.24) is 0 Å². The molecular formula is C18H13ClO4. The van der Waals surface area contributed by atoms with Crippen LogP contribution in [-0.2, 0) is 11.3 Å². The quantitative estimate of drug-likeness (QED) is 0.679. The van der Waals surface area contributed by atoms with E-state index in [1.165, 1.54) is 0 Å². The summed E-state index contributed by atoms with van der Waals surface area (Å²) in [5.74, 6) is -0.831. The minimum absolute atomic E-state index is 0.00809. The van der Waals surface area contributed by atoms with Gasteiger partial charge in [0.2, 0.25) is 5.76 Å². The molecule has 0 aliphatic carbocycles. The fraction of sp³-hybridized carbons (Fsp3) is 0.111. The van der Waals surface area contributed by atoms with E-state index >= 15 is 0 Å². The maximum atomic E-state index is 12.1. The van der Waals surface area contributed by atoms with Gasteiger partial charge in [0, 0.05) is 16.7 Å². The molecule has 2 aromatic carbocycles. The van der Waals surface area contributed by atoms with Crippen molar-refractivity contribution in [3.05, 3.63) is 80.7 Å². The van der Waals surface area contributed by atoms with E-state index in [-0.39, 0.29) is 17.8 Å². The second-order valence-corrected chi connectivity index (χ2v) is 5.55. The minimum atomic E-state index is -0.704. The molecule has 0 spiro atoms. The maximum Gasteiger partial charge on any atom is 0.374 e. The molecule has 0 N–H and O–H groups in total. The number of halogens is 1. The zero-order chi connectivity index (χ0) is 16.4. The van der Waals surface area contributed by atoms with Crippen LogP contribution in [0.4, 0.5) is 0 Å². The van der Waals surface area contributed by atoms with Crippen molar-refractivity contribution in [2.24, 2.45) is 0 Å². The van der Waals surface area contributed by atoms with Crippen molar-refractivity contribution in [3.8, 4) is 0 Å². The smallest absolute Gasteiger partial charge is 0.374 e. The summed E-state index contributed by atoms with van der Waals surface area (Å²) < 4.78 is 10.6. The number of ether oxygens (including phenoxy) is 1. The van der Waals surface area contributed by atoms with E-state index in [0.29, 0.717) is 21.6 Å². The molecule has 0 amide bonds. The predicted octanol–water partition coefficient (Wildman–Crippen LogP) is 4.11. The largest absolute Gasteiger partial charge is 0.455 e. The normalized spacial score (nSPS) is 10.7. The van der Waals surface area contributed by atoms with Gasteiger partial charge in [-0.1, -0.05) is 41.4 Å². The van der Waals surface area contributed by atoms with Gasteiger partial charge in [-0.05, 0) is 25.1 Å². The van der Waals surface area contributed by atoms with Crippen LogP contribution in [0.2, 0.25) is 5.02 Å². The number of hydrogen-bond donors (Lipinski definition) is 0. The SMILES string of the molecule is Cc1ccc2oc(C(=O)OCc3ccccc3Cl)cc(=O)c2c1.